The Hall–Kier alpha value is -2.30. The van der Waals surface area contributed by atoms with Crippen molar-refractivity contribution in [2.45, 2.75) is 26.3 Å². The first-order valence-electron chi connectivity index (χ1n) is 6.67. The van der Waals surface area contributed by atoms with Gasteiger partial charge in [-0.25, -0.2) is 4.98 Å². The van der Waals surface area contributed by atoms with Crippen molar-refractivity contribution < 1.29 is 4.74 Å². The highest BCUT2D eigenvalue weighted by Gasteiger charge is 2.14. The van der Waals surface area contributed by atoms with E-state index in [-0.39, 0.29) is 6.04 Å². The van der Waals surface area contributed by atoms with Gasteiger partial charge in [-0.1, -0.05) is 37.3 Å². The summed E-state index contributed by atoms with van der Waals surface area (Å²) in [7, 11) is 1.56. The predicted molar refractivity (Wildman–Crippen MR) is 80.9 cm³/mol. The second-order valence-corrected chi connectivity index (χ2v) is 4.54. The monoisotopic (exact) mass is 272 g/mol. The Bertz CT molecular complexity index is 572. The van der Waals surface area contributed by atoms with Gasteiger partial charge in [-0.2, -0.15) is 4.98 Å². The average Bonchev–Trinajstić information content (AvgIpc) is 2.50. The van der Waals surface area contributed by atoms with Crippen LogP contribution in [0.2, 0.25) is 0 Å². The van der Waals surface area contributed by atoms with Crippen molar-refractivity contribution in [2.75, 3.05) is 18.2 Å². The van der Waals surface area contributed by atoms with Gasteiger partial charge in [-0.05, 0) is 12.5 Å². The van der Waals surface area contributed by atoms with Gasteiger partial charge in [0, 0.05) is 6.42 Å². The third-order valence-electron chi connectivity index (χ3n) is 3.12. The van der Waals surface area contributed by atoms with Gasteiger partial charge in [0.1, 0.15) is 11.5 Å². The Morgan fingerprint density at radius 1 is 1.25 bits per heavy atom. The van der Waals surface area contributed by atoms with Gasteiger partial charge in [0.25, 0.3) is 0 Å². The molecule has 0 saturated carbocycles. The van der Waals surface area contributed by atoms with E-state index in [0.29, 0.717) is 23.2 Å². The van der Waals surface area contributed by atoms with Gasteiger partial charge in [0.15, 0.2) is 5.82 Å². The number of nitrogens with two attached hydrogens (primary N) is 1. The lowest BCUT2D eigenvalue weighted by Crippen LogP contribution is -2.12. The number of aromatic nitrogens is 2. The number of aryl methyl sites for hydroxylation is 1. The van der Waals surface area contributed by atoms with Crippen molar-refractivity contribution in [1.82, 2.24) is 9.97 Å². The molecule has 1 atom stereocenters. The minimum absolute atomic E-state index is 0.0998. The van der Waals surface area contributed by atoms with Crippen molar-refractivity contribution in [3.05, 3.63) is 41.7 Å². The first-order chi connectivity index (χ1) is 9.65. The minimum atomic E-state index is 0.0998. The van der Waals surface area contributed by atoms with Crippen LogP contribution >= 0.6 is 0 Å². The molecule has 1 aromatic heterocycles. The van der Waals surface area contributed by atoms with Crippen molar-refractivity contribution in [3.8, 4) is 5.88 Å². The number of hydrogen-bond acceptors (Lipinski definition) is 5. The number of rotatable bonds is 5. The van der Waals surface area contributed by atoms with Gasteiger partial charge in [0.2, 0.25) is 5.88 Å². The summed E-state index contributed by atoms with van der Waals surface area (Å²) in [5.74, 6) is 1.74. The third kappa shape index (κ3) is 2.99. The van der Waals surface area contributed by atoms with E-state index in [9.17, 15) is 0 Å². The quantitative estimate of drug-likeness (QED) is 0.875. The second-order valence-electron chi connectivity index (χ2n) is 4.54. The molecule has 0 aliphatic carbocycles. The molecule has 2 aromatic rings. The molecule has 0 amide bonds. The van der Waals surface area contributed by atoms with Crippen LogP contribution in [-0.4, -0.2) is 17.1 Å². The molecule has 20 heavy (non-hydrogen) atoms. The van der Waals surface area contributed by atoms with Crippen molar-refractivity contribution in [3.63, 3.8) is 0 Å². The van der Waals surface area contributed by atoms with Gasteiger partial charge < -0.3 is 15.8 Å². The van der Waals surface area contributed by atoms with Crippen LogP contribution in [0, 0.1) is 0 Å². The highest BCUT2D eigenvalue weighted by molar-refractivity contribution is 5.67. The van der Waals surface area contributed by atoms with Crippen LogP contribution < -0.4 is 15.8 Å². The molecule has 0 radical (unpaired) electrons. The summed E-state index contributed by atoms with van der Waals surface area (Å²) in [4.78, 5) is 8.69. The van der Waals surface area contributed by atoms with E-state index in [1.165, 1.54) is 5.56 Å². The van der Waals surface area contributed by atoms with Crippen molar-refractivity contribution in [1.29, 1.82) is 0 Å². The van der Waals surface area contributed by atoms with Crippen LogP contribution in [0.15, 0.2) is 30.3 Å². The standard InChI is InChI=1S/C15H20N4O/c1-4-12-18-14(13(16)15(19-12)20-3)17-10(2)11-8-6-5-7-9-11/h5-10H,4,16H2,1-3H3,(H,17,18,19). The fourth-order valence-corrected chi connectivity index (χ4v) is 1.95. The van der Waals surface area contributed by atoms with E-state index in [1.807, 2.05) is 25.1 Å². The molecule has 0 bridgehead atoms. The zero-order valence-electron chi connectivity index (χ0n) is 12.1. The highest BCUT2D eigenvalue weighted by Crippen LogP contribution is 2.28. The molecular weight excluding hydrogens is 252 g/mol. The molecule has 1 unspecified atom stereocenters. The first kappa shape index (κ1) is 14.1. The number of nitrogen functional groups attached to an aromatic ring is 1. The number of nitrogens with one attached hydrogen (secondary N) is 1. The maximum Gasteiger partial charge on any atom is 0.242 e. The number of benzene rings is 1. The maximum atomic E-state index is 6.03. The number of ether oxygens (including phenoxy) is 1. The second kappa shape index (κ2) is 6.23. The molecule has 0 saturated heterocycles. The SMILES string of the molecule is CCc1nc(NC(C)c2ccccc2)c(N)c(OC)n1. The summed E-state index contributed by atoms with van der Waals surface area (Å²) in [6.45, 7) is 4.06. The summed E-state index contributed by atoms with van der Waals surface area (Å²) in [5.41, 5.74) is 7.64. The van der Waals surface area contributed by atoms with Gasteiger partial charge >= 0.3 is 0 Å². The maximum absolute atomic E-state index is 6.03. The van der Waals surface area contributed by atoms with Crippen molar-refractivity contribution in [2.24, 2.45) is 0 Å². The Balaban J connectivity index is 2.28. The summed E-state index contributed by atoms with van der Waals surface area (Å²) in [6, 6.07) is 10.2. The smallest absolute Gasteiger partial charge is 0.242 e. The van der Waals surface area contributed by atoms with E-state index in [1.54, 1.807) is 7.11 Å². The zero-order valence-corrected chi connectivity index (χ0v) is 12.1. The van der Waals surface area contributed by atoms with Gasteiger partial charge in [0.05, 0.1) is 13.2 Å². The van der Waals surface area contributed by atoms with Crippen molar-refractivity contribution >= 4 is 11.5 Å². The topological polar surface area (TPSA) is 73.1 Å². The zero-order chi connectivity index (χ0) is 14.5. The third-order valence-corrected chi connectivity index (χ3v) is 3.12. The molecule has 0 aliphatic heterocycles. The first-order valence-corrected chi connectivity index (χ1v) is 6.67. The van der Waals surface area contributed by atoms with Crippen LogP contribution in [-0.2, 0) is 6.42 Å². The van der Waals surface area contributed by atoms with Crippen LogP contribution in [0.25, 0.3) is 0 Å². The minimum Gasteiger partial charge on any atom is -0.479 e. The molecule has 0 spiro atoms. The fraction of sp³-hybridized carbons (Fsp3) is 0.333. The molecule has 5 heteroatoms. The lowest BCUT2D eigenvalue weighted by molar-refractivity contribution is 0.397. The fourth-order valence-electron chi connectivity index (χ4n) is 1.95. The number of hydrogen-bond donors (Lipinski definition) is 2. The summed E-state index contributed by atoms with van der Waals surface area (Å²) < 4.78 is 5.20. The molecule has 1 heterocycles. The molecule has 106 valence electrons. The molecule has 1 aromatic carbocycles. The normalized spacial score (nSPS) is 11.9. The highest BCUT2D eigenvalue weighted by atomic mass is 16.5. The Kier molecular flexibility index (Phi) is 4.40. The number of methoxy groups -OCH3 is 1. The van der Waals surface area contributed by atoms with Crippen LogP contribution in [0.3, 0.4) is 0 Å². The van der Waals surface area contributed by atoms with Gasteiger partial charge in [-0.15, -0.1) is 0 Å². The summed E-state index contributed by atoms with van der Waals surface area (Å²) in [5, 5.41) is 3.32. The van der Waals surface area contributed by atoms with E-state index in [2.05, 4.69) is 34.3 Å². The molecule has 0 fully saturated rings. The Morgan fingerprint density at radius 3 is 2.55 bits per heavy atom. The molecule has 0 aliphatic rings. The van der Waals surface area contributed by atoms with E-state index in [4.69, 9.17) is 10.5 Å². The average molecular weight is 272 g/mol. The molecule has 3 N–H and O–H groups in total. The lowest BCUT2D eigenvalue weighted by Gasteiger charge is -2.17. The Labute approximate surface area is 119 Å². The molecular formula is C15H20N4O. The summed E-state index contributed by atoms with van der Waals surface area (Å²) >= 11 is 0. The Morgan fingerprint density at radius 2 is 1.95 bits per heavy atom. The van der Waals surface area contributed by atoms with Crippen LogP contribution in [0.5, 0.6) is 5.88 Å². The van der Waals surface area contributed by atoms with Gasteiger partial charge in [-0.3, -0.25) is 0 Å². The number of anilines is 2. The molecule has 2 rings (SSSR count). The predicted octanol–water partition coefficient (Wildman–Crippen LogP) is 2.80. The number of nitrogens with zero attached hydrogens (tertiary/aromatic N) is 2. The summed E-state index contributed by atoms with van der Waals surface area (Å²) in [6.07, 6.45) is 0.727. The molecule has 5 nitrogen and oxygen atoms in total. The van der Waals surface area contributed by atoms with E-state index >= 15 is 0 Å². The van der Waals surface area contributed by atoms with Crippen LogP contribution in [0.4, 0.5) is 11.5 Å². The largest absolute Gasteiger partial charge is 0.479 e. The van der Waals surface area contributed by atoms with E-state index in [0.717, 1.165) is 6.42 Å². The lowest BCUT2D eigenvalue weighted by atomic mass is 10.1. The van der Waals surface area contributed by atoms with Crippen LogP contribution in [0.1, 0.15) is 31.3 Å². The van der Waals surface area contributed by atoms with E-state index < -0.39 is 0 Å².